The van der Waals surface area contributed by atoms with Gasteiger partial charge in [-0.3, -0.25) is 4.98 Å². The largest absolute Gasteiger partial charge is 0.385 e. The monoisotopic (exact) mass is 505 g/mol. The zero-order chi connectivity index (χ0) is 25.5. The Morgan fingerprint density at radius 3 is 2.53 bits per heavy atom. The van der Waals surface area contributed by atoms with Gasteiger partial charge in [0.25, 0.3) is 0 Å². The van der Waals surface area contributed by atoms with Crippen LogP contribution in [0.2, 0.25) is 0 Å². The number of aliphatic hydroxyl groups excluding tert-OH is 1. The lowest BCUT2D eigenvalue weighted by Crippen LogP contribution is -2.22. The van der Waals surface area contributed by atoms with E-state index in [0.29, 0.717) is 31.2 Å². The number of sulfone groups is 1. The van der Waals surface area contributed by atoms with Crippen LogP contribution < -0.4 is 5.32 Å². The van der Waals surface area contributed by atoms with Gasteiger partial charge >= 0.3 is 0 Å². The van der Waals surface area contributed by atoms with Crippen molar-refractivity contribution in [1.82, 2.24) is 25.0 Å². The fourth-order valence-corrected chi connectivity index (χ4v) is 3.97. The number of pyridine rings is 1. The van der Waals surface area contributed by atoms with Gasteiger partial charge in [-0.05, 0) is 43.3 Å². The van der Waals surface area contributed by atoms with Crippen molar-refractivity contribution in [2.75, 3.05) is 18.6 Å². The molecule has 1 atom stereocenters. The average Bonchev–Trinajstić information content (AvgIpc) is 3.51. The summed E-state index contributed by atoms with van der Waals surface area (Å²) in [5.74, 6) is 7.55. The van der Waals surface area contributed by atoms with Gasteiger partial charge in [0.2, 0.25) is 0 Å². The molecule has 0 saturated heterocycles. The molecule has 0 aliphatic rings. The van der Waals surface area contributed by atoms with Gasteiger partial charge in [-0.15, -0.1) is 0 Å². The number of nitrogens with one attached hydrogen (secondary N) is 1. The Hall–Kier alpha value is -3.78. The number of benzene rings is 1. The standard InChI is InChI=1S/C26H27N5O4S/c1-19(32)26-28-11-13-31(26)18-24-15-25(35-30-24)22-8-5-20(6-9-22)3-4-21-7-10-23(29-16-21)17-27-12-14-36(2,33)34/h5-11,13,15-16,19,27,32H,12,14,17-18H2,1-2H3. The predicted octanol–water partition coefficient (Wildman–Crippen LogP) is 2.57. The molecular weight excluding hydrogens is 478 g/mol. The molecule has 0 aliphatic carbocycles. The number of hydrogen-bond acceptors (Lipinski definition) is 8. The van der Waals surface area contributed by atoms with Crippen LogP contribution in [0.15, 0.2) is 65.6 Å². The highest BCUT2D eigenvalue weighted by molar-refractivity contribution is 7.90. The molecular formula is C26H27N5O4S. The van der Waals surface area contributed by atoms with Crippen molar-refractivity contribution >= 4 is 9.84 Å². The normalized spacial score (nSPS) is 12.2. The third-order valence-electron chi connectivity index (χ3n) is 5.31. The highest BCUT2D eigenvalue weighted by Gasteiger charge is 2.12. The fourth-order valence-electron chi connectivity index (χ4n) is 3.46. The van der Waals surface area contributed by atoms with E-state index >= 15 is 0 Å². The summed E-state index contributed by atoms with van der Waals surface area (Å²) in [6, 6.07) is 13.3. The van der Waals surface area contributed by atoms with Gasteiger partial charge in [0.15, 0.2) is 5.76 Å². The van der Waals surface area contributed by atoms with E-state index in [1.165, 1.54) is 6.26 Å². The van der Waals surface area contributed by atoms with Gasteiger partial charge in [-0.1, -0.05) is 17.0 Å². The Labute approximate surface area is 210 Å². The highest BCUT2D eigenvalue weighted by atomic mass is 32.2. The Kier molecular flexibility index (Phi) is 7.95. The Bertz CT molecular complexity index is 1460. The van der Waals surface area contributed by atoms with Gasteiger partial charge < -0.3 is 19.5 Å². The molecule has 0 bridgehead atoms. The lowest BCUT2D eigenvalue weighted by atomic mass is 10.1. The van der Waals surface area contributed by atoms with Crippen LogP contribution in [0, 0.1) is 11.8 Å². The maximum Gasteiger partial charge on any atom is 0.167 e. The summed E-state index contributed by atoms with van der Waals surface area (Å²) >= 11 is 0. The highest BCUT2D eigenvalue weighted by Crippen LogP contribution is 2.22. The molecule has 4 aromatic rings. The van der Waals surface area contributed by atoms with Crippen LogP contribution in [-0.4, -0.2) is 51.8 Å². The zero-order valence-electron chi connectivity index (χ0n) is 20.0. The smallest absolute Gasteiger partial charge is 0.167 e. The summed E-state index contributed by atoms with van der Waals surface area (Å²) in [6.07, 6.45) is 5.71. The number of nitrogens with zero attached hydrogens (tertiary/aromatic N) is 4. The van der Waals surface area contributed by atoms with E-state index in [0.717, 1.165) is 28.1 Å². The van der Waals surface area contributed by atoms with Gasteiger partial charge in [0, 0.05) is 60.7 Å². The number of aromatic nitrogens is 4. The number of imidazole rings is 1. The molecule has 1 aromatic carbocycles. The van der Waals surface area contributed by atoms with E-state index in [9.17, 15) is 13.5 Å². The molecule has 1 unspecified atom stereocenters. The lowest BCUT2D eigenvalue weighted by Gasteiger charge is -2.07. The molecule has 186 valence electrons. The summed E-state index contributed by atoms with van der Waals surface area (Å²) in [7, 11) is -2.97. The zero-order valence-corrected chi connectivity index (χ0v) is 20.9. The molecule has 9 nitrogen and oxygen atoms in total. The molecule has 0 amide bonds. The van der Waals surface area contributed by atoms with E-state index in [2.05, 4.69) is 32.3 Å². The van der Waals surface area contributed by atoms with E-state index in [1.807, 2.05) is 47.0 Å². The molecule has 0 saturated carbocycles. The average molecular weight is 506 g/mol. The van der Waals surface area contributed by atoms with Crippen molar-refractivity contribution in [3.05, 3.63) is 89.4 Å². The fraction of sp³-hybridized carbons (Fsp3) is 0.269. The first-order valence-electron chi connectivity index (χ1n) is 11.4. The Balaban J connectivity index is 1.34. The molecule has 4 rings (SSSR count). The van der Waals surface area contributed by atoms with Gasteiger partial charge in [0.05, 0.1) is 18.0 Å². The van der Waals surface area contributed by atoms with Crippen molar-refractivity contribution in [3.63, 3.8) is 0 Å². The van der Waals surface area contributed by atoms with Crippen LogP contribution in [-0.2, 0) is 22.9 Å². The Morgan fingerprint density at radius 1 is 1.08 bits per heavy atom. The SMILES string of the molecule is CC(O)c1nccn1Cc1cc(-c2ccc(C#Cc3ccc(CNCCS(C)(=O)=O)nc3)cc2)on1. The van der Waals surface area contributed by atoms with Crippen LogP contribution in [0.3, 0.4) is 0 Å². The van der Waals surface area contributed by atoms with Crippen LogP contribution in [0.4, 0.5) is 0 Å². The molecule has 0 aliphatic heterocycles. The first kappa shape index (κ1) is 25.3. The van der Waals surface area contributed by atoms with Crippen LogP contribution >= 0.6 is 0 Å². The molecule has 0 radical (unpaired) electrons. The molecule has 10 heteroatoms. The minimum atomic E-state index is -2.97. The summed E-state index contributed by atoms with van der Waals surface area (Å²) in [5.41, 5.74) is 4.07. The van der Waals surface area contributed by atoms with Gasteiger partial charge in [-0.2, -0.15) is 0 Å². The van der Waals surface area contributed by atoms with Crippen LogP contribution in [0.5, 0.6) is 0 Å². The summed E-state index contributed by atoms with van der Waals surface area (Å²) in [6.45, 7) is 3.02. The maximum atomic E-state index is 11.2. The lowest BCUT2D eigenvalue weighted by molar-refractivity contribution is 0.184. The minimum Gasteiger partial charge on any atom is -0.385 e. The summed E-state index contributed by atoms with van der Waals surface area (Å²) in [5, 5.41) is 17.0. The third-order valence-corrected chi connectivity index (χ3v) is 6.26. The van der Waals surface area contributed by atoms with Crippen molar-refractivity contribution < 1.29 is 18.0 Å². The second kappa shape index (κ2) is 11.3. The topological polar surface area (TPSA) is 123 Å². The summed E-state index contributed by atoms with van der Waals surface area (Å²) in [4.78, 5) is 8.54. The molecule has 36 heavy (non-hydrogen) atoms. The van der Waals surface area contributed by atoms with E-state index in [4.69, 9.17) is 4.52 Å². The van der Waals surface area contributed by atoms with Crippen molar-refractivity contribution in [2.24, 2.45) is 0 Å². The van der Waals surface area contributed by atoms with E-state index < -0.39 is 15.9 Å². The molecule has 2 N–H and O–H groups in total. The molecule has 3 aromatic heterocycles. The van der Waals surface area contributed by atoms with E-state index in [-0.39, 0.29) is 5.75 Å². The second-order valence-corrected chi connectivity index (χ2v) is 10.7. The summed E-state index contributed by atoms with van der Waals surface area (Å²) < 4.78 is 29.7. The number of aliphatic hydroxyl groups is 1. The predicted molar refractivity (Wildman–Crippen MR) is 136 cm³/mol. The molecule has 0 fully saturated rings. The quantitative estimate of drug-likeness (QED) is 0.263. The van der Waals surface area contributed by atoms with Crippen LogP contribution in [0.25, 0.3) is 11.3 Å². The second-order valence-electron chi connectivity index (χ2n) is 8.44. The van der Waals surface area contributed by atoms with E-state index in [1.54, 1.807) is 25.5 Å². The van der Waals surface area contributed by atoms with Crippen molar-refractivity contribution in [2.45, 2.75) is 26.1 Å². The Morgan fingerprint density at radius 2 is 1.83 bits per heavy atom. The number of rotatable bonds is 9. The number of hydrogen-bond donors (Lipinski definition) is 2. The maximum absolute atomic E-state index is 11.2. The van der Waals surface area contributed by atoms with Gasteiger partial charge in [0.1, 0.15) is 27.5 Å². The molecule has 0 spiro atoms. The van der Waals surface area contributed by atoms with Crippen LogP contribution in [0.1, 0.15) is 41.4 Å². The minimum absolute atomic E-state index is 0.100. The third kappa shape index (κ3) is 7.11. The van der Waals surface area contributed by atoms with Crippen molar-refractivity contribution in [3.8, 4) is 23.2 Å². The van der Waals surface area contributed by atoms with Crippen molar-refractivity contribution in [1.29, 1.82) is 0 Å². The van der Waals surface area contributed by atoms with Gasteiger partial charge in [-0.25, -0.2) is 13.4 Å². The first-order valence-corrected chi connectivity index (χ1v) is 13.4. The molecule has 3 heterocycles. The first-order chi connectivity index (χ1) is 17.3.